The van der Waals surface area contributed by atoms with E-state index in [4.69, 9.17) is 22.6 Å². The van der Waals surface area contributed by atoms with Crippen LogP contribution in [0.5, 0.6) is 5.75 Å². The Kier molecular flexibility index (Phi) is 16.4. The predicted molar refractivity (Wildman–Crippen MR) is 65.2 cm³/mol. The number of thiol groups is 1. The third kappa shape index (κ3) is 31.5. The molecule has 0 heterocycles. The molecule has 0 aromatic heterocycles. The molecule has 86 valence electrons. The first-order chi connectivity index (χ1) is 6.39. The van der Waals surface area contributed by atoms with E-state index >= 15 is 0 Å². The van der Waals surface area contributed by atoms with E-state index in [-0.39, 0.29) is 25.9 Å². The molecule has 0 amide bonds. The van der Waals surface area contributed by atoms with Gasteiger partial charge in [-0.3, -0.25) is 9.11 Å². The van der Waals surface area contributed by atoms with Crippen molar-refractivity contribution in [3.05, 3.63) is 30.3 Å². The van der Waals surface area contributed by atoms with Crippen LogP contribution in [-0.4, -0.2) is 51.9 Å². The van der Waals surface area contributed by atoms with Crippen LogP contribution in [-0.2, 0) is 10.4 Å². The van der Waals surface area contributed by atoms with E-state index in [1.165, 1.54) is 0 Å². The molecule has 0 saturated heterocycles. The van der Waals surface area contributed by atoms with Crippen LogP contribution in [0.2, 0.25) is 0 Å². The van der Waals surface area contributed by atoms with E-state index < -0.39 is 10.4 Å². The second-order valence-corrected chi connectivity index (χ2v) is 2.68. The van der Waals surface area contributed by atoms with Gasteiger partial charge in [0.25, 0.3) is 0 Å². The average Bonchev–Trinajstić information content (AvgIpc) is 2.06. The van der Waals surface area contributed by atoms with Crippen LogP contribution in [0.15, 0.2) is 30.3 Å². The van der Waals surface area contributed by atoms with Gasteiger partial charge in [0.05, 0.1) is 0 Å². The molecule has 0 atom stereocenters. The number of rotatable bonds is 0. The second kappa shape index (κ2) is 12.1. The molecule has 15 heavy (non-hydrogen) atoms. The van der Waals surface area contributed by atoms with Crippen LogP contribution in [0, 0.1) is 0 Å². The third-order valence-corrected chi connectivity index (χ3v) is 0.756. The monoisotopic (exact) mass is 266 g/mol. The molecule has 0 radical (unpaired) electrons. The van der Waals surface area contributed by atoms with Gasteiger partial charge in [-0.2, -0.15) is 21.0 Å². The van der Waals surface area contributed by atoms with Gasteiger partial charge in [-0.15, -0.1) is 0 Å². The van der Waals surface area contributed by atoms with Gasteiger partial charge in [0.15, 0.2) is 0 Å². The maximum absolute atomic E-state index is 8.74. The normalized spacial score (nSPS) is 8.27. The number of hydrogen-bond donors (Lipinski definition) is 4. The van der Waals surface area contributed by atoms with Crippen molar-refractivity contribution in [2.75, 3.05) is 6.26 Å². The van der Waals surface area contributed by atoms with Crippen molar-refractivity contribution in [2.45, 2.75) is 0 Å². The summed E-state index contributed by atoms with van der Waals surface area (Å²) in [6.45, 7) is 0. The fraction of sp³-hybridized carbons (Fsp3) is 0.143. The van der Waals surface area contributed by atoms with Crippen molar-refractivity contribution in [2.24, 2.45) is 0 Å². The van der Waals surface area contributed by atoms with Crippen LogP contribution < -0.4 is 0 Å². The van der Waals surface area contributed by atoms with Gasteiger partial charge in [0.1, 0.15) is 5.75 Å². The van der Waals surface area contributed by atoms with E-state index in [2.05, 4.69) is 12.6 Å². The van der Waals surface area contributed by atoms with Crippen LogP contribution in [0.4, 0.5) is 0 Å². The van der Waals surface area contributed by atoms with E-state index in [9.17, 15) is 0 Å². The van der Waals surface area contributed by atoms with E-state index in [0.717, 1.165) is 0 Å². The van der Waals surface area contributed by atoms with Crippen molar-refractivity contribution in [3.8, 4) is 5.75 Å². The summed E-state index contributed by atoms with van der Waals surface area (Å²) in [7, 11) is -4.67. The number of para-hydroxylation sites is 1. The van der Waals surface area contributed by atoms with Gasteiger partial charge in [-0.05, 0) is 18.4 Å². The van der Waals surface area contributed by atoms with Gasteiger partial charge in [0, 0.05) is 0 Å². The minimum atomic E-state index is -4.67. The Morgan fingerprint density at radius 2 is 1.40 bits per heavy atom. The molecule has 0 aliphatic carbocycles. The maximum Gasteiger partial charge on any atom is 2.00 e. The van der Waals surface area contributed by atoms with Gasteiger partial charge in [-0.25, -0.2) is 0 Å². The molecule has 1 aromatic rings. The second-order valence-electron chi connectivity index (χ2n) is 1.78. The molecule has 0 unspecified atom stereocenters. The minimum absolute atomic E-state index is 0. The molecule has 8 heteroatoms. The molecule has 5 nitrogen and oxygen atoms in total. The van der Waals surface area contributed by atoms with E-state index in [1.807, 2.05) is 6.07 Å². The van der Waals surface area contributed by atoms with Gasteiger partial charge in [-0.1, -0.05) is 18.2 Å². The number of benzene rings is 1. The quantitative estimate of drug-likeness (QED) is 0.321. The van der Waals surface area contributed by atoms with Crippen molar-refractivity contribution < 1.29 is 25.5 Å². The summed E-state index contributed by atoms with van der Waals surface area (Å²) in [6, 6.07) is 8.71. The molecule has 0 aliphatic rings. The topological polar surface area (TPSA) is 94.8 Å². The Morgan fingerprint density at radius 1 is 1.13 bits per heavy atom. The molecule has 1 aromatic carbocycles. The largest absolute Gasteiger partial charge is 2.00 e. The maximum atomic E-state index is 8.74. The zero-order chi connectivity index (χ0) is 11.6. The van der Waals surface area contributed by atoms with Gasteiger partial charge in [0.2, 0.25) is 0 Å². The fourth-order valence-corrected chi connectivity index (χ4v) is 0.428. The SMILES string of the molecule is CS.O=S(=O)(O)O.Oc1ccccc1.[H-].[H-].[Mg+2]. The van der Waals surface area contributed by atoms with Crippen LogP contribution >= 0.6 is 12.6 Å². The Morgan fingerprint density at radius 3 is 1.53 bits per heavy atom. The van der Waals surface area contributed by atoms with Crippen molar-refractivity contribution in [1.29, 1.82) is 0 Å². The summed E-state index contributed by atoms with van der Waals surface area (Å²) >= 11 is 3.53. The molecule has 0 aliphatic heterocycles. The summed E-state index contributed by atoms with van der Waals surface area (Å²) in [5.74, 6) is 0.322. The van der Waals surface area contributed by atoms with Crippen molar-refractivity contribution >= 4 is 46.1 Å². The van der Waals surface area contributed by atoms with Gasteiger partial charge >= 0.3 is 33.5 Å². The molecular weight excluding hydrogens is 253 g/mol. The molecule has 0 fully saturated rings. The average molecular weight is 267 g/mol. The summed E-state index contributed by atoms with van der Waals surface area (Å²) in [5.41, 5.74) is 0. The predicted octanol–water partition coefficient (Wildman–Crippen LogP) is 1.13. The standard InChI is InChI=1S/C6H6O.CH4S.Mg.H2O4S.2H/c7-6-4-2-1-3-5-6;1-2;;1-5(2,3)4;;/h1-5,7H;2H,1H3;;(H2,1,2,3,4);;/q;;+2;;2*-1. The number of aromatic hydroxyl groups is 1. The van der Waals surface area contributed by atoms with Crippen LogP contribution in [0.25, 0.3) is 0 Å². The van der Waals surface area contributed by atoms with Crippen molar-refractivity contribution in [1.82, 2.24) is 0 Å². The first kappa shape index (κ1) is 20.4. The van der Waals surface area contributed by atoms with Crippen molar-refractivity contribution in [3.63, 3.8) is 0 Å². The summed E-state index contributed by atoms with van der Waals surface area (Å²) in [6.07, 6.45) is 1.69. The summed E-state index contributed by atoms with van der Waals surface area (Å²) in [4.78, 5) is 0. The summed E-state index contributed by atoms with van der Waals surface area (Å²) < 4.78 is 31.6. The summed E-state index contributed by atoms with van der Waals surface area (Å²) in [5, 5.41) is 8.63. The molecule has 0 bridgehead atoms. The smallest absolute Gasteiger partial charge is 1.00 e. The first-order valence-corrected chi connectivity index (χ1v) is 5.57. The Balaban J connectivity index is -0.0000000440. The Hall–Kier alpha value is 0.00623. The molecule has 1 rings (SSSR count). The number of phenolic OH excluding ortho intramolecular Hbond substituents is 1. The fourth-order valence-electron chi connectivity index (χ4n) is 0.428. The Labute approximate surface area is 114 Å². The third-order valence-electron chi connectivity index (χ3n) is 0.756. The zero-order valence-corrected chi connectivity index (χ0v) is 11.2. The van der Waals surface area contributed by atoms with Crippen LogP contribution in [0.3, 0.4) is 0 Å². The van der Waals surface area contributed by atoms with E-state index in [0.29, 0.717) is 5.75 Å². The molecule has 0 saturated carbocycles. The minimum Gasteiger partial charge on any atom is -1.00 e. The molecule has 3 N–H and O–H groups in total. The van der Waals surface area contributed by atoms with Gasteiger partial charge < -0.3 is 7.96 Å². The zero-order valence-electron chi connectivity index (χ0n) is 10.1. The van der Waals surface area contributed by atoms with E-state index in [1.54, 1.807) is 30.5 Å². The number of phenols is 1. The first-order valence-electron chi connectivity index (χ1n) is 3.28. The molecular formula is C7H14MgO5S2. The number of hydrogen-bond acceptors (Lipinski definition) is 4. The van der Waals surface area contributed by atoms with Crippen LogP contribution in [0.1, 0.15) is 2.85 Å². The molecule has 0 spiro atoms. The Bertz CT molecular complexity index is 314.